The predicted octanol–water partition coefficient (Wildman–Crippen LogP) is 0.655. The van der Waals surface area contributed by atoms with Crippen LogP contribution in [0.4, 0.5) is 0 Å². The molecule has 1 radical (unpaired) electrons. The highest BCUT2D eigenvalue weighted by atomic mass is 16.5. The molecule has 0 spiro atoms. The summed E-state index contributed by atoms with van der Waals surface area (Å²) in [7, 11) is 0. The van der Waals surface area contributed by atoms with Gasteiger partial charge in [0.05, 0.1) is 19.4 Å². The molecular formula is C7H12NO. The van der Waals surface area contributed by atoms with E-state index in [1.165, 1.54) is 0 Å². The van der Waals surface area contributed by atoms with Gasteiger partial charge in [0.15, 0.2) is 0 Å². The molecule has 2 nitrogen and oxygen atoms in total. The molecule has 2 heteroatoms. The third kappa shape index (κ3) is 2.06. The number of morpholine rings is 1. The molecule has 1 heterocycles. The molecule has 0 bridgehead atoms. The second-order valence-corrected chi connectivity index (χ2v) is 2.02. The maximum Gasteiger partial charge on any atom is 0.0642 e. The second kappa shape index (κ2) is 3.51. The summed E-state index contributed by atoms with van der Waals surface area (Å²) >= 11 is 0. The minimum atomic E-state index is 0.848. The van der Waals surface area contributed by atoms with E-state index in [-0.39, 0.29) is 0 Å². The number of rotatable bonds is 1. The molecular weight excluding hydrogens is 114 g/mol. The standard InChI is InChI=1S/C7H12NO/c1-2-3-8-4-6-9-7-5-8/h2H,4-7H2,1H3. The Kier molecular flexibility index (Phi) is 2.58. The molecule has 1 fully saturated rings. The van der Waals surface area contributed by atoms with E-state index in [9.17, 15) is 0 Å². The molecule has 1 aliphatic heterocycles. The third-order valence-electron chi connectivity index (χ3n) is 1.32. The summed E-state index contributed by atoms with van der Waals surface area (Å²) < 4.78 is 5.15. The average molecular weight is 126 g/mol. The van der Waals surface area contributed by atoms with Crippen LogP contribution in [0.25, 0.3) is 0 Å². The van der Waals surface area contributed by atoms with Crippen LogP contribution in [0.5, 0.6) is 0 Å². The Bertz CT molecular complexity index is 95.1. The van der Waals surface area contributed by atoms with E-state index in [0.717, 1.165) is 26.3 Å². The monoisotopic (exact) mass is 126 g/mol. The van der Waals surface area contributed by atoms with Crippen LogP contribution in [0, 0.1) is 6.20 Å². The number of nitrogens with zero attached hydrogens (tertiary/aromatic N) is 1. The Morgan fingerprint density at radius 2 is 2.11 bits per heavy atom. The molecule has 1 aliphatic rings. The number of hydrogen-bond acceptors (Lipinski definition) is 2. The van der Waals surface area contributed by atoms with Crippen molar-refractivity contribution in [1.82, 2.24) is 4.90 Å². The maximum absolute atomic E-state index is 5.15. The van der Waals surface area contributed by atoms with Crippen molar-refractivity contribution < 1.29 is 4.74 Å². The number of hydrogen-bond donors (Lipinski definition) is 0. The van der Waals surface area contributed by atoms with E-state index in [4.69, 9.17) is 4.74 Å². The van der Waals surface area contributed by atoms with Crippen molar-refractivity contribution in [1.29, 1.82) is 0 Å². The summed E-state index contributed by atoms with van der Waals surface area (Å²) in [6.07, 6.45) is 5.05. The molecule has 51 valence electrons. The predicted molar refractivity (Wildman–Crippen MR) is 35.9 cm³/mol. The van der Waals surface area contributed by atoms with Crippen LogP contribution in [-0.2, 0) is 4.74 Å². The molecule has 0 aromatic heterocycles. The molecule has 0 amide bonds. The van der Waals surface area contributed by atoms with Crippen LogP contribution in [-0.4, -0.2) is 31.2 Å². The van der Waals surface area contributed by atoms with Crippen molar-refractivity contribution in [3.63, 3.8) is 0 Å². The number of allylic oxidation sites excluding steroid dienone is 1. The van der Waals surface area contributed by atoms with Crippen molar-refractivity contribution >= 4 is 0 Å². The molecule has 9 heavy (non-hydrogen) atoms. The summed E-state index contributed by atoms with van der Waals surface area (Å²) in [4.78, 5) is 2.14. The van der Waals surface area contributed by atoms with Crippen LogP contribution in [0.1, 0.15) is 6.92 Å². The van der Waals surface area contributed by atoms with Crippen molar-refractivity contribution in [3.8, 4) is 0 Å². The highest BCUT2D eigenvalue weighted by Crippen LogP contribution is 1.95. The highest BCUT2D eigenvalue weighted by molar-refractivity contribution is 4.71. The largest absolute Gasteiger partial charge is 0.378 e. The van der Waals surface area contributed by atoms with Crippen molar-refractivity contribution in [3.05, 3.63) is 12.3 Å². The first-order chi connectivity index (χ1) is 4.43. The topological polar surface area (TPSA) is 12.5 Å². The first-order valence-corrected chi connectivity index (χ1v) is 3.30. The Balaban J connectivity index is 2.23. The quantitative estimate of drug-likeness (QED) is 0.511. The van der Waals surface area contributed by atoms with Gasteiger partial charge < -0.3 is 9.64 Å². The summed E-state index contributed by atoms with van der Waals surface area (Å²) in [6.45, 7) is 5.66. The zero-order valence-electron chi connectivity index (χ0n) is 5.76. The first-order valence-electron chi connectivity index (χ1n) is 3.30. The zero-order valence-corrected chi connectivity index (χ0v) is 5.76. The Hall–Kier alpha value is -0.500. The van der Waals surface area contributed by atoms with E-state index in [0.29, 0.717) is 0 Å². The van der Waals surface area contributed by atoms with Crippen LogP contribution < -0.4 is 0 Å². The van der Waals surface area contributed by atoms with Gasteiger partial charge in [-0.1, -0.05) is 6.08 Å². The van der Waals surface area contributed by atoms with Crippen LogP contribution >= 0.6 is 0 Å². The van der Waals surface area contributed by atoms with Crippen molar-refractivity contribution in [2.45, 2.75) is 6.92 Å². The van der Waals surface area contributed by atoms with Crippen molar-refractivity contribution in [2.75, 3.05) is 26.3 Å². The fourth-order valence-electron chi connectivity index (χ4n) is 0.875. The first kappa shape index (κ1) is 6.62. The van der Waals surface area contributed by atoms with Gasteiger partial charge >= 0.3 is 0 Å². The van der Waals surface area contributed by atoms with Gasteiger partial charge in [-0.05, 0) is 6.92 Å². The van der Waals surface area contributed by atoms with Crippen LogP contribution in [0.15, 0.2) is 6.08 Å². The Labute approximate surface area is 56.1 Å². The molecule has 1 saturated heterocycles. The van der Waals surface area contributed by atoms with Gasteiger partial charge in [-0.2, -0.15) is 0 Å². The minimum absolute atomic E-state index is 0.848. The highest BCUT2D eigenvalue weighted by Gasteiger charge is 2.04. The molecule has 1 rings (SSSR count). The van der Waals surface area contributed by atoms with E-state index in [1.54, 1.807) is 0 Å². The summed E-state index contributed by atoms with van der Waals surface area (Å²) in [5.41, 5.74) is 0. The Morgan fingerprint density at radius 3 is 2.67 bits per heavy atom. The van der Waals surface area contributed by atoms with Gasteiger partial charge in [0.2, 0.25) is 0 Å². The lowest BCUT2D eigenvalue weighted by atomic mass is 10.4. The summed E-state index contributed by atoms with van der Waals surface area (Å²) in [5, 5.41) is 0. The molecule has 0 atom stereocenters. The molecule has 0 unspecified atom stereocenters. The van der Waals surface area contributed by atoms with Gasteiger partial charge in [-0.25, -0.2) is 0 Å². The maximum atomic E-state index is 5.15. The minimum Gasteiger partial charge on any atom is -0.378 e. The summed E-state index contributed by atoms with van der Waals surface area (Å²) in [6, 6.07) is 0. The molecule has 0 aromatic carbocycles. The number of ether oxygens (including phenoxy) is 1. The Morgan fingerprint density at radius 1 is 1.44 bits per heavy atom. The van der Waals surface area contributed by atoms with Crippen LogP contribution in [0.2, 0.25) is 0 Å². The van der Waals surface area contributed by atoms with Gasteiger partial charge in [0.25, 0.3) is 0 Å². The fourth-order valence-corrected chi connectivity index (χ4v) is 0.875. The van der Waals surface area contributed by atoms with E-state index < -0.39 is 0 Å². The van der Waals surface area contributed by atoms with Crippen LogP contribution in [0.3, 0.4) is 0 Å². The van der Waals surface area contributed by atoms with E-state index in [2.05, 4.69) is 11.1 Å². The lowest BCUT2D eigenvalue weighted by Gasteiger charge is -2.23. The second-order valence-electron chi connectivity index (χ2n) is 2.02. The normalized spacial score (nSPS) is 21.2. The lowest BCUT2D eigenvalue weighted by Crippen LogP contribution is -2.32. The average Bonchev–Trinajstić information content (AvgIpc) is 1.91. The fraction of sp³-hybridized carbons (Fsp3) is 0.714. The molecule has 0 aromatic rings. The van der Waals surface area contributed by atoms with Gasteiger partial charge in [0, 0.05) is 13.1 Å². The van der Waals surface area contributed by atoms with Crippen molar-refractivity contribution in [2.24, 2.45) is 0 Å². The lowest BCUT2D eigenvalue weighted by molar-refractivity contribution is 0.0558. The van der Waals surface area contributed by atoms with E-state index in [1.807, 2.05) is 13.0 Å². The smallest absolute Gasteiger partial charge is 0.0642 e. The summed E-state index contributed by atoms with van der Waals surface area (Å²) in [5.74, 6) is 0. The molecule has 0 N–H and O–H groups in total. The van der Waals surface area contributed by atoms with Gasteiger partial charge in [-0.15, -0.1) is 0 Å². The van der Waals surface area contributed by atoms with Gasteiger partial charge in [0.1, 0.15) is 0 Å². The van der Waals surface area contributed by atoms with E-state index >= 15 is 0 Å². The zero-order chi connectivity index (χ0) is 6.53. The third-order valence-corrected chi connectivity index (χ3v) is 1.32. The SMILES string of the molecule is C/C=[C]/N1CCOCC1. The molecule has 0 saturated carbocycles. The molecule has 0 aliphatic carbocycles. The van der Waals surface area contributed by atoms with Gasteiger partial charge in [-0.3, -0.25) is 0 Å².